The Balaban J connectivity index is 2.08. The van der Waals surface area contributed by atoms with Crippen LogP contribution in [0.4, 0.5) is 0 Å². The highest BCUT2D eigenvalue weighted by Gasteiger charge is 2.15. The zero-order chi connectivity index (χ0) is 16.0. The van der Waals surface area contributed by atoms with Crippen molar-refractivity contribution in [3.63, 3.8) is 0 Å². The van der Waals surface area contributed by atoms with Crippen molar-refractivity contribution in [3.8, 4) is 0 Å². The van der Waals surface area contributed by atoms with Crippen LogP contribution in [0.15, 0.2) is 46.9 Å². The molecule has 2 heterocycles. The number of fused-ring (bicyclic) bond motifs is 4. The maximum atomic E-state index is 4.91. The van der Waals surface area contributed by atoms with Crippen molar-refractivity contribution < 1.29 is 0 Å². The first kappa shape index (κ1) is 14.6. The van der Waals surface area contributed by atoms with Crippen molar-refractivity contribution in [2.75, 3.05) is 0 Å². The quantitative estimate of drug-likeness (QED) is 0.475. The molecule has 2 aromatic carbocycles. The second-order valence-corrected chi connectivity index (χ2v) is 7.30. The second-order valence-electron chi connectivity index (χ2n) is 6.38. The predicted molar refractivity (Wildman–Crippen MR) is 99.7 cm³/mol. The molecule has 3 nitrogen and oxygen atoms in total. The number of aromatic nitrogens is 3. The minimum atomic E-state index is 0.659. The van der Waals surface area contributed by atoms with Crippen LogP contribution >= 0.6 is 15.9 Å². The standard InChI is InChI=1S/C19H18BrN3/c1-12(2)9-10-23-17-8-7-13(20)11-14(17)18-19(23)22-16-6-4-3-5-15(16)21-18/h3-8,11-12H,9-10H2,1-2H3. The second kappa shape index (κ2) is 5.60. The largest absolute Gasteiger partial charge is 0.324 e. The molecular formula is C19H18BrN3. The fraction of sp³-hybridized carbons (Fsp3) is 0.263. The lowest BCUT2D eigenvalue weighted by atomic mass is 10.1. The van der Waals surface area contributed by atoms with E-state index in [4.69, 9.17) is 9.97 Å². The van der Waals surface area contributed by atoms with E-state index in [1.165, 1.54) is 5.52 Å². The van der Waals surface area contributed by atoms with Gasteiger partial charge in [-0.3, -0.25) is 0 Å². The van der Waals surface area contributed by atoms with Crippen molar-refractivity contribution >= 4 is 49.0 Å². The highest BCUT2D eigenvalue weighted by Crippen LogP contribution is 2.30. The maximum absolute atomic E-state index is 4.91. The molecule has 0 amide bonds. The van der Waals surface area contributed by atoms with Crippen molar-refractivity contribution in [2.24, 2.45) is 5.92 Å². The number of hydrogen-bond acceptors (Lipinski definition) is 2. The summed E-state index contributed by atoms with van der Waals surface area (Å²) in [5, 5.41) is 1.16. The van der Waals surface area contributed by atoms with Crippen LogP contribution in [-0.4, -0.2) is 14.5 Å². The number of halogens is 1. The molecule has 4 aromatic rings. The summed E-state index contributed by atoms with van der Waals surface area (Å²) < 4.78 is 3.39. The van der Waals surface area contributed by atoms with E-state index in [0.29, 0.717) is 5.92 Å². The normalized spacial score (nSPS) is 12.0. The van der Waals surface area contributed by atoms with Crippen LogP contribution in [0, 0.1) is 5.92 Å². The number of hydrogen-bond donors (Lipinski definition) is 0. The molecule has 0 bridgehead atoms. The summed E-state index contributed by atoms with van der Waals surface area (Å²) in [4.78, 5) is 9.80. The van der Waals surface area contributed by atoms with Crippen molar-refractivity contribution in [2.45, 2.75) is 26.8 Å². The lowest BCUT2D eigenvalue weighted by Crippen LogP contribution is -2.02. The average molecular weight is 368 g/mol. The average Bonchev–Trinajstić information content (AvgIpc) is 2.83. The van der Waals surface area contributed by atoms with Crippen molar-refractivity contribution in [1.29, 1.82) is 0 Å². The maximum Gasteiger partial charge on any atom is 0.160 e. The zero-order valence-electron chi connectivity index (χ0n) is 13.3. The van der Waals surface area contributed by atoms with Gasteiger partial charge in [-0.05, 0) is 42.7 Å². The lowest BCUT2D eigenvalue weighted by Gasteiger charge is -2.09. The molecule has 0 aliphatic rings. The van der Waals surface area contributed by atoms with Gasteiger partial charge in [0.15, 0.2) is 5.65 Å². The fourth-order valence-electron chi connectivity index (χ4n) is 3.02. The predicted octanol–water partition coefficient (Wildman–Crippen LogP) is 5.55. The Kier molecular flexibility index (Phi) is 3.57. The Morgan fingerprint density at radius 1 is 1.04 bits per heavy atom. The summed E-state index contributed by atoms with van der Waals surface area (Å²) in [6.45, 7) is 5.48. The minimum Gasteiger partial charge on any atom is -0.324 e. The van der Waals surface area contributed by atoms with E-state index in [0.717, 1.165) is 45.0 Å². The van der Waals surface area contributed by atoms with Crippen LogP contribution < -0.4 is 0 Å². The van der Waals surface area contributed by atoms with E-state index < -0.39 is 0 Å². The van der Waals surface area contributed by atoms with Gasteiger partial charge in [-0.1, -0.05) is 41.9 Å². The molecule has 0 radical (unpaired) electrons. The van der Waals surface area contributed by atoms with Crippen LogP contribution in [0.25, 0.3) is 33.1 Å². The first-order valence-corrected chi connectivity index (χ1v) is 8.77. The van der Waals surface area contributed by atoms with Gasteiger partial charge in [-0.2, -0.15) is 0 Å². The zero-order valence-corrected chi connectivity index (χ0v) is 14.8. The molecule has 4 rings (SSSR count). The number of para-hydroxylation sites is 2. The molecule has 2 aromatic heterocycles. The van der Waals surface area contributed by atoms with E-state index in [9.17, 15) is 0 Å². The molecule has 0 fully saturated rings. The van der Waals surface area contributed by atoms with Gasteiger partial charge in [0.25, 0.3) is 0 Å². The van der Waals surface area contributed by atoms with Crippen molar-refractivity contribution in [3.05, 3.63) is 46.9 Å². The Bertz CT molecular complexity index is 1020. The molecule has 0 saturated heterocycles. The highest BCUT2D eigenvalue weighted by atomic mass is 79.9. The van der Waals surface area contributed by atoms with Gasteiger partial charge in [0, 0.05) is 16.4 Å². The summed E-state index contributed by atoms with van der Waals surface area (Å²) in [6, 6.07) is 14.5. The number of benzene rings is 2. The minimum absolute atomic E-state index is 0.659. The Labute approximate surface area is 143 Å². The van der Waals surface area contributed by atoms with Crippen LogP contribution in [0.3, 0.4) is 0 Å². The lowest BCUT2D eigenvalue weighted by molar-refractivity contribution is 0.529. The molecular weight excluding hydrogens is 350 g/mol. The first-order valence-electron chi connectivity index (χ1n) is 7.98. The number of aryl methyl sites for hydroxylation is 1. The topological polar surface area (TPSA) is 30.7 Å². The van der Waals surface area contributed by atoms with Crippen LogP contribution in [-0.2, 0) is 6.54 Å². The summed E-state index contributed by atoms with van der Waals surface area (Å²) in [5.41, 5.74) is 5.08. The molecule has 0 unspecified atom stereocenters. The third-order valence-corrected chi connectivity index (χ3v) is 4.74. The van der Waals surface area contributed by atoms with E-state index in [-0.39, 0.29) is 0 Å². The van der Waals surface area contributed by atoms with E-state index in [1.54, 1.807) is 0 Å². The number of nitrogens with zero attached hydrogens (tertiary/aromatic N) is 3. The van der Waals surface area contributed by atoms with Crippen LogP contribution in [0.2, 0.25) is 0 Å². The fourth-order valence-corrected chi connectivity index (χ4v) is 3.38. The van der Waals surface area contributed by atoms with E-state index in [2.05, 4.69) is 52.5 Å². The Morgan fingerprint density at radius 3 is 2.52 bits per heavy atom. The van der Waals surface area contributed by atoms with E-state index >= 15 is 0 Å². The first-order chi connectivity index (χ1) is 11.1. The summed E-state index contributed by atoms with van der Waals surface area (Å²) in [5.74, 6) is 0.659. The molecule has 0 aliphatic heterocycles. The van der Waals surface area contributed by atoms with Gasteiger partial charge in [0.1, 0.15) is 5.52 Å². The monoisotopic (exact) mass is 367 g/mol. The molecule has 0 aliphatic carbocycles. The molecule has 116 valence electrons. The number of rotatable bonds is 3. The Hall–Kier alpha value is -1.94. The summed E-state index contributed by atoms with van der Waals surface area (Å²) in [7, 11) is 0. The third kappa shape index (κ3) is 2.51. The van der Waals surface area contributed by atoms with Gasteiger partial charge < -0.3 is 4.57 Å². The smallest absolute Gasteiger partial charge is 0.160 e. The SMILES string of the molecule is CC(C)CCn1c2ccc(Br)cc2c2nc3ccccc3nc21. The molecule has 4 heteroatoms. The van der Waals surface area contributed by atoms with Crippen LogP contribution in [0.5, 0.6) is 0 Å². The molecule has 23 heavy (non-hydrogen) atoms. The Morgan fingerprint density at radius 2 is 1.78 bits per heavy atom. The van der Waals surface area contributed by atoms with Gasteiger partial charge >= 0.3 is 0 Å². The van der Waals surface area contributed by atoms with Gasteiger partial charge in [-0.25, -0.2) is 9.97 Å². The van der Waals surface area contributed by atoms with Crippen molar-refractivity contribution in [1.82, 2.24) is 14.5 Å². The van der Waals surface area contributed by atoms with Gasteiger partial charge in [0.2, 0.25) is 0 Å². The summed E-state index contributed by atoms with van der Waals surface area (Å²) >= 11 is 3.58. The summed E-state index contributed by atoms with van der Waals surface area (Å²) in [6.07, 6.45) is 1.13. The highest BCUT2D eigenvalue weighted by molar-refractivity contribution is 9.10. The third-order valence-electron chi connectivity index (χ3n) is 4.24. The van der Waals surface area contributed by atoms with Gasteiger partial charge in [0.05, 0.1) is 16.6 Å². The molecule has 0 saturated carbocycles. The van der Waals surface area contributed by atoms with Crippen LogP contribution in [0.1, 0.15) is 20.3 Å². The molecule has 0 atom stereocenters. The molecule has 0 spiro atoms. The van der Waals surface area contributed by atoms with Gasteiger partial charge in [-0.15, -0.1) is 0 Å². The molecule has 0 N–H and O–H groups in total. The van der Waals surface area contributed by atoms with E-state index in [1.807, 2.05) is 24.3 Å².